The summed E-state index contributed by atoms with van der Waals surface area (Å²) in [5, 5.41) is 7.11. The molecule has 1 amide bonds. The molecule has 0 spiro atoms. The zero-order valence-electron chi connectivity index (χ0n) is 14.9. The summed E-state index contributed by atoms with van der Waals surface area (Å²) >= 11 is 0. The predicted molar refractivity (Wildman–Crippen MR) is 87.9 cm³/mol. The SMILES string of the molecule is C[C@H](NC(=O)OC(C)(C)C)[C@H]1CCCCN1Cc1ncnn1C. The first-order valence-corrected chi connectivity index (χ1v) is 8.33. The van der Waals surface area contributed by atoms with Crippen LogP contribution in [0.25, 0.3) is 0 Å². The normalized spacial score (nSPS) is 21.0. The molecule has 2 rings (SSSR count). The van der Waals surface area contributed by atoms with Gasteiger partial charge in [0, 0.05) is 19.1 Å². The number of ether oxygens (including phenoxy) is 1. The van der Waals surface area contributed by atoms with E-state index in [0.29, 0.717) is 0 Å². The molecule has 23 heavy (non-hydrogen) atoms. The topological polar surface area (TPSA) is 72.3 Å². The van der Waals surface area contributed by atoms with Gasteiger partial charge in [0.15, 0.2) is 0 Å². The van der Waals surface area contributed by atoms with Gasteiger partial charge >= 0.3 is 6.09 Å². The molecule has 0 unspecified atom stereocenters. The maximum absolute atomic E-state index is 12.0. The number of nitrogens with one attached hydrogen (secondary N) is 1. The van der Waals surface area contributed by atoms with Gasteiger partial charge in [-0.05, 0) is 47.1 Å². The number of likely N-dealkylation sites (tertiary alicyclic amines) is 1. The Morgan fingerprint density at radius 3 is 2.83 bits per heavy atom. The van der Waals surface area contributed by atoms with Crippen LogP contribution in [0, 0.1) is 0 Å². The average Bonchev–Trinajstić information content (AvgIpc) is 2.82. The molecule has 0 bridgehead atoms. The van der Waals surface area contributed by atoms with Crippen LogP contribution in [0.2, 0.25) is 0 Å². The van der Waals surface area contributed by atoms with Crippen molar-refractivity contribution >= 4 is 6.09 Å². The molecule has 0 radical (unpaired) electrons. The van der Waals surface area contributed by atoms with Crippen molar-refractivity contribution in [3.63, 3.8) is 0 Å². The fourth-order valence-corrected chi connectivity index (χ4v) is 3.01. The van der Waals surface area contributed by atoms with Crippen molar-refractivity contribution < 1.29 is 9.53 Å². The summed E-state index contributed by atoms with van der Waals surface area (Å²) in [6, 6.07) is 0.311. The molecule has 2 heterocycles. The first-order chi connectivity index (χ1) is 10.8. The molecule has 1 aliphatic heterocycles. The Morgan fingerprint density at radius 2 is 2.22 bits per heavy atom. The van der Waals surface area contributed by atoms with Gasteiger partial charge in [0.2, 0.25) is 0 Å². The van der Waals surface area contributed by atoms with E-state index in [9.17, 15) is 4.79 Å². The maximum atomic E-state index is 12.0. The van der Waals surface area contributed by atoms with Crippen molar-refractivity contribution in [1.29, 1.82) is 0 Å². The standard InChI is InChI=1S/C16H29N5O2/c1-12(19-15(22)23-16(2,3)4)13-8-6-7-9-21(13)10-14-17-11-18-20(14)5/h11-13H,6-10H2,1-5H3,(H,19,22)/t12-,13+/m0/s1. The highest BCUT2D eigenvalue weighted by molar-refractivity contribution is 5.68. The summed E-state index contributed by atoms with van der Waals surface area (Å²) in [5.41, 5.74) is -0.477. The number of alkyl carbamates (subject to hydrolysis) is 1. The fraction of sp³-hybridized carbons (Fsp3) is 0.812. The number of aryl methyl sites for hydroxylation is 1. The molecule has 1 N–H and O–H groups in total. The van der Waals surface area contributed by atoms with Crippen LogP contribution in [0.15, 0.2) is 6.33 Å². The third-order valence-corrected chi connectivity index (χ3v) is 4.14. The summed E-state index contributed by atoms with van der Waals surface area (Å²) in [5.74, 6) is 0.946. The number of hydrogen-bond donors (Lipinski definition) is 1. The minimum atomic E-state index is -0.477. The summed E-state index contributed by atoms with van der Waals surface area (Å²) in [6.07, 6.45) is 4.65. The van der Waals surface area contributed by atoms with Crippen molar-refractivity contribution in [2.75, 3.05) is 6.54 Å². The fourth-order valence-electron chi connectivity index (χ4n) is 3.01. The van der Waals surface area contributed by atoms with Crippen LogP contribution < -0.4 is 5.32 Å². The van der Waals surface area contributed by atoms with Crippen molar-refractivity contribution in [1.82, 2.24) is 25.0 Å². The molecule has 0 aromatic carbocycles. The van der Waals surface area contributed by atoms with E-state index in [1.54, 1.807) is 11.0 Å². The number of carbonyl (C=O) groups excluding carboxylic acids is 1. The third kappa shape index (κ3) is 5.20. The molecule has 1 aromatic heterocycles. The van der Waals surface area contributed by atoms with Gasteiger partial charge in [0.05, 0.1) is 6.54 Å². The molecule has 0 saturated carbocycles. The van der Waals surface area contributed by atoms with Crippen LogP contribution in [-0.2, 0) is 18.3 Å². The molecule has 0 aliphatic carbocycles. The van der Waals surface area contributed by atoms with E-state index in [4.69, 9.17) is 4.74 Å². The van der Waals surface area contributed by atoms with Crippen LogP contribution in [0.5, 0.6) is 0 Å². The first kappa shape index (κ1) is 17.7. The number of aromatic nitrogens is 3. The lowest BCUT2D eigenvalue weighted by Crippen LogP contribution is -2.52. The Balaban J connectivity index is 1.97. The summed E-state index contributed by atoms with van der Waals surface area (Å²) in [4.78, 5) is 18.7. The lowest BCUT2D eigenvalue weighted by molar-refractivity contribution is 0.0433. The van der Waals surface area contributed by atoms with Gasteiger partial charge in [-0.2, -0.15) is 5.10 Å². The van der Waals surface area contributed by atoms with Gasteiger partial charge < -0.3 is 10.1 Å². The first-order valence-electron chi connectivity index (χ1n) is 8.33. The molecule has 1 aromatic rings. The summed E-state index contributed by atoms with van der Waals surface area (Å²) < 4.78 is 7.17. The van der Waals surface area contributed by atoms with E-state index in [2.05, 4.69) is 20.3 Å². The maximum Gasteiger partial charge on any atom is 0.407 e. The van der Waals surface area contributed by atoms with Gasteiger partial charge in [0.1, 0.15) is 17.8 Å². The average molecular weight is 323 g/mol. The van der Waals surface area contributed by atoms with Crippen molar-refractivity contribution in [3.05, 3.63) is 12.2 Å². The van der Waals surface area contributed by atoms with Gasteiger partial charge in [0.25, 0.3) is 0 Å². The largest absolute Gasteiger partial charge is 0.444 e. The van der Waals surface area contributed by atoms with Crippen LogP contribution >= 0.6 is 0 Å². The summed E-state index contributed by atoms with van der Waals surface area (Å²) in [6.45, 7) is 9.43. The second-order valence-electron chi connectivity index (χ2n) is 7.27. The Kier molecular flexibility index (Phi) is 5.62. The molecular weight excluding hydrogens is 294 g/mol. The van der Waals surface area contributed by atoms with Gasteiger partial charge in [-0.15, -0.1) is 0 Å². The highest BCUT2D eigenvalue weighted by Gasteiger charge is 2.30. The molecule has 2 atom stereocenters. The lowest BCUT2D eigenvalue weighted by atomic mass is 9.96. The smallest absolute Gasteiger partial charge is 0.407 e. The lowest BCUT2D eigenvalue weighted by Gasteiger charge is -2.39. The highest BCUT2D eigenvalue weighted by atomic mass is 16.6. The Bertz CT molecular complexity index is 523. The number of carbonyl (C=O) groups is 1. The predicted octanol–water partition coefficient (Wildman–Crippen LogP) is 2.08. The van der Waals surface area contributed by atoms with Crippen LogP contribution in [0.4, 0.5) is 4.79 Å². The van der Waals surface area contributed by atoms with Crippen molar-refractivity contribution in [2.45, 2.75) is 71.2 Å². The molecule has 1 fully saturated rings. The van der Waals surface area contributed by atoms with Gasteiger partial charge in [-0.25, -0.2) is 9.78 Å². The highest BCUT2D eigenvalue weighted by Crippen LogP contribution is 2.22. The van der Waals surface area contributed by atoms with E-state index in [-0.39, 0.29) is 18.2 Å². The van der Waals surface area contributed by atoms with Crippen LogP contribution in [0.3, 0.4) is 0 Å². The Morgan fingerprint density at radius 1 is 1.48 bits per heavy atom. The van der Waals surface area contributed by atoms with Crippen LogP contribution in [0.1, 0.15) is 52.8 Å². The zero-order chi connectivity index (χ0) is 17.0. The number of nitrogens with zero attached hydrogens (tertiary/aromatic N) is 4. The van der Waals surface area contributed by atoms with E-state index in [1.807, 2.05) is 34.7 Å². The second-order valence-corrected chi connectivity index (χ2v) is 7.27. The molecular formula is C16H29N5O2. The number of amides is 1. The van der Waals surface area contributed by atoms with E-state index >= 15 is 0 Å². The van der Waals surface area contributed by atoms with Gasteiger partial charge in [-0.3, -0.25) is 9.58 Å². The minimum Gasteiger partial charge on any atom is -0.444 e. The molecule has 1 saturated heterocycles. The molecule has 7 heteroatoms. The Labute approximate surface area is 138 Å². The number of hydrogen-bond acceptors (Lipinski definition) is 5. The van der Waals surface area contributed by atoms with E-state index in [1.165, 1.54) is 12.8 Å². The number of piperidine rings is 1. The minimum absolute atomic E-state index is 0.0263. The monoisotopic (exact) mass is 323 g/mol. The van der Waals surface area contributed by atoms with E-state index < -0.39 is 5.60 Å². The van der Waals surface area contributed by atoms with Crippen molar-refractivity contribution in [3.8, 4) is 0 Å². The van der Waals surface area contributed by atoms with Crippen molar-refractivity contribution in [2.24, 2.45) is 7.05 Å². The third-order valence-electron chi connectivity index (χ3n) is 4.14. The molecule has 130 valence electrons. The summed E-state index contributed by atoms with van der Waals surface area (Å²) in [7, 11) is 1.91. The Hall–Kier alpha value is -1.63. The van der Waals surface area contributed by atoms with E-state index in [0.717, 1.165) is 25.3 Å². The molecule has 1 aliphatic rings. The zero-order valence-corrected chi connectivity index (χ0v) is 14.9. The number of rotatable bonds is 4. The van der Waals surface area contributed by atoms with Crippen LogP contribution in [-0.4, -0.2) is 50.0 Å². The van der Waals surface area contributed by atoms with Gasteiger partial charge in [-0.1, -0.05) is 6.42 Å². The molecule has 7 nitrogen and oxygen atoms in total. The quantitative estimate of drug-likeness (QED) is 0.918. The second kappa shape index (κ2) is 7.29.